The molecule has 3 N–H and O–H groups in total. The molecule has 0 atom stereocenters. The Hall–Kier alpha value is -5.32. The molecule has 11 nitrogen and oxygen atoms in total. The second-order valence-electron chi connectivity index (χ2n) is 8.82. The van der Waals surface area contributed by atoms with Crippen LogP contribution in [0.25, 0.3) is 10.8 Å². The first kappa shape index (κ1) is 26.7. The van der Waals surface area contributed by atoms with Gasteiger partial charge in [-0.1, -0.05) is 24.3 Å². The number of benzene rings is 4. The number of aromatic hydroxyl groups is 1. The Balaban J connectivity index is 1.73. The minimum atomic E-state index is -0.645. The van der Waals surface area contributed by atoms with Crippen molar-refractivity contribution >= 4 is 45.3 Å². The van der Waals surface area contributed by atoms with Gasteiger partial charge < -0.3 is 20.5 Å². The number of hydrogen-bond donors (Lipinski definition) is 3. The third kappa shape index (κ3) is 5.99. The van der Waals surface area contributed by atoms with E-state index in [1.54, 1.807) is 36.4 Å². The standard InChI is InChI=1S/C28H25N5O6/c1-16(2)29-27(35)18-8-13-24(39-3)23(15-18)31-32-25-21-7-5-4-6-17(21)14-22(26(25)34)28(36)30-19-9-11-20(12-10-19)33(37)38/h4-16,34H,1-3H3,(H,29,35)(H,30,36)/b32-31+. The number of nitrogens with one attached hydrogen (secondary N) is 2. The van der Waals surface area contributed by atoms with Gasteiger partial charge in [0.1, 0.15) is 17.1 Å². The molecule has 4 aromatic rings. The molecule has 0 fully saturated rings. The monoisotopic (exact) mass is 527 g/mol. The number of amides is 2. The van der Waals surface area contributed by atoms with E-state index in [0.717, 1.165) is 0 Å². The first-order valence-corrected chi connectivity index (χ1v) is 11.9. The molecule has 39 heavy (non-hydrogen) atoms. The zero-order valence-electron chi connectivity index (χ0n) is 21.3. The van der Waals surface area contributed by atoms with Crippen LogP contribution in [0.1, 0.15) is 34.6 Å². The Morgan fingerprint density at radius 2 is 1.69 bits per heavy atom. The molecule has 0 heterocycles. The lowest BCUT2D eigenvalue weighted by Gasteiger charge is -2.12. The van der Waals surface area contributed by atoms with Crippen molar-refractivity contribution in [2.45, 2.75) is 19.9 Å². The first-order valence-electron chi connectivity index (χ1n) is 11.9. The summed E-state index contributed by atoms with van der Waals surface area (Å²) in [6.45, 7) is 3.70. The molecule has 4 aromatic carbocycles. The van der Waals surface area contributed by atoms with Crippen LogP contribution in [0.3, 0.4) is 0 Å². The number of phenols is 1. The Labute approximate surface area is 223 Å². The number of carbonyl (C=O) groups excluding carboxylic acids is 2. The van der Waals surface area contributed by atoms with Crippen LogP contribution in [0.2, 0.25) is 0 Å². The van der Waals surface area contributed by atoms with Crippen molar-refractivity contribution in [3.63, 3.8) is 0 Å². The number of phenolic OH excluding ortho intramolecular Hbond substituents is 1. The molecule has 4 rings (SSSR count). The van der Waals surface area contributed by atoms with Gasteiger partial charge in [-0.25, -0.2) is 0 Å². The summed E-state index contributed by atoms with van der Waals surface area (Å²) in [5, 5.41) is 37.1. The Morgan fingerprint density at radius 1 is 0.974 bits per heavy atom. The van der Waals surface area contributed by atoms with Gasteiger partial charge in [0.25, 0.3) is 17.5 Å². The molecule has 0 saturated heterocycles. The average Bonchev–Trinajstić information content (AvgIpc) is 2.92. The van der Waals surface area contributed by atoms with Crippen LogP contribution >= 0.6 is 0 Å². The molecule has 0 unspecified atom stereocenters. The number of hydrogen-bond acceptors (Lipinski definition) is 8. The highest BCUT2D eigenvalue weighted by Crippen LogP contribution is 2.40. The van der Waals surface area contributed by atoms with E-state index in [1.807, 2.05) is 13.8 Å². The minimum absolute atomic E-state index is 0.0426. The topological polar surface area (TPSA) is 156 Å². The number of nitrogens with zero attached hydrogens (tertiary/aromatic N) is 3. The van der Waals surface area contributed by atoms with E-state index in [9.17, 15) is 24.8 Å². The lowest BCUT2D eigenvalue weighted by Crippen LogP contribution is -2.29. The van der Waals surface area contributed by atoms with Gasteiger partial charge in [-0.3, -0.25) is 19.7 Å². The molecule has 198 valence electrons. The second kappa shape index (κ2) is 11.4. The number of rotatable bonds is 8. The lowest BCUT2D eigenvalue weighted by atomic mass is 10.0. The van der Waals surface area contributed by atoms with Crippen molar-refractivity contribution in [3.05, 3.63) is 94.0 Å². The Morgan fingerprint density at radius 3 is 2.36 bits per heavy atom. The van der Waals surface area contributed by atoms with Crippen molar-refractivity contribution in [3.8, 4) is 11.5 Å². The van der Waals surface area contributed by atoms with E-state index >= 15 is 0 Å². The smallest absolute Gasteiger partial charge is 0.269 e. The zero-order valence-corrected chi connectivity index (χ0v) is 21.3. The fourth-order valence-corrected chi connectivity index (χ4v) is 3.82. The molecular weight excluding hydrogens is 502 g/mol. The molecule has 0 radical (unpaired) electrons. The maximum Gasteiger partial charge on any atom is 0.269 e. The number of carbonyl (C=O) groups is 2. The number of nitro groups is 1. The van der Waals surface area contributed by atoms with Crippen LogP contribution in [-0.2, 0) is 0 Å². The van der Waals surface area contributed by atoms with Gasteiger partial charge in [0.15, 0.2) is 5.75 Å². The van der Waals surface area contributed by atoms with Crippen molar-refractivity contribution in [1.82, 2.24) is 5.32 Å². The third-order valence-electron chi connectivity index (χ3n) is 5.69. The van der Waals surface area contributed by atoms with Gasteiger partial charge in [0.2, 0.25) is 0 Å². The number of ether oxygens (including phenoxy) is 1. The maximum absolute atomic E-state index is 13.1. The molecule has 0 spiro atoms. The highest BCUT2D eigenvalue weighted by Gasteiger charge is 2.19. The van der Waals surface area contributed by atoms with E-state index in [2.05, 4.69) is 20.9 Å². The van der Waals surface area contributed by atoms with Gasteiger partial charge in [0.05, 0.1) is 17.6 Å². The van der Waals surface area contributed by atoms with Crippen LogP contribution in [0.4, 0.5) is 22.7 Å². The molecule has 0 aliphatic rings. The molecule has 0 saturated carbocycles. The average molecular weight is 528 g/mol. The van der Waals surface area contributed by atoms with Crippen LogP contribution in [0, 0.1) is 10.1 Å². The zero-order chi connectivity index (χ0) is 28.1. The summed E-state index contributed by atoms with van der Waals surface area (Å²) in [6.07, 6.45) is 0. The summed E-state index contributed by atoms with van der Waals surface area (Å²) in [6, 6.07) is 18.5. The summed E-state index contributed by atoms with van der Waals surface area (Å²) in [5.74, 6) is -0.990. The van der Waals surface area contributed by atoms with E-state index in [-0.39, 0.29) is 34.6 Å². The van der Waals surface area contributed by atoms with Crippen molar-refractivity contribution in [2.75, 3.05) is 12.4 Å². The largest absolute Gasteiger partial charge is 0.505 e. The van der Waals surface area contributed by atoms with Gasteiger partial charge in [-0.2, -0.15) is 0 Å². The molecule has 0 aliphatic heterocycles. The summed E-state index contributed by atoms with van der Waals surface area (Å²) in [7, 11) is 1.46. The third-order valence-corrected chi connectivity index (χ3v) is 5.69. The minimum Gasteiger partial charge on any atom is -0.505 e. The van der Waals surface area contributed by atoms with Crippen molar-refractivity contribution < 1.29 is 24.4 Å². The van der Waals surface area contributed by atoms with Crippen LogP contribution in [0.5, 0.6) is 11.5 Å². The Kier molecular flexibility index (Phi) is 7.80. The lowest BCUT2D eigenvalue weighted by molar-refractivity contribution is -0.384. The SMILES string of the molecule is COc1ccc(C(=O)NC(C)C)cc1/N=N/c1c(O)c(C(=O)Nc2ccc([N+](=O)[O-])cc2)cc2ccccc12. The van der Waals surface area contributed by atoms with Gasteiger partial charge in [0, 0.05) is 34.8 Å². The second-order valence-corrected chi connectivity index (χ2v) is 8.82. The van der Waals surface area contributed by atoms with Crippen LogP contribution in [-0.4, -0.2) is 35.0 Å². The van der Waals surface area contributed by atoms with Crippen LogP contribution < -0.4 is 15.4 Å². The number of nitro benzene ring substituents is 1. The predicted molar refractivity (Wildman–Crippen MR) is 146 cm³/mol. The normalized spacial score (nSPS) is 11.1. The van der Waals surface area contributed by atoms with Gasteiger partial charge >= 0.3 is 0 Å². The highest BCUT2D eigenvalue weighted by atomic mass is 16.6. The number of methoxy groups -OCH3 is 1. The van der Waals surface area contributed by atoms with E-state index < -0.39 is 16.6 Å². The number of fused-ring (bicyclic) bond motifs is 1. The summed E-state index contributed by atoms with van der Waals surface area (Å²) in [5.41, 5.74) is 0.758. The summed E-state index contributed by atoms with van der Waals surface area (Å²) >= 11 is 0. The van der Waals surface area contributed by atoms with E-state index in [4.69, 9.17) is 4.74 Å². The Bertz CT molecular complexity index is 1600. The summed E-state index contributed by atoms with van der Waals surface area (Å²) < 4.78 is 5.36. The maximum atomic E-state index is 13.1. The van der Waals surface area contributed by atoms with E-state index in [0.29, 0.717) is 27.8 Å². The van der Waals surface area contributed by atoms with Crippen LogP contribution in [0.15, 0.2) is 83.0 Å². The molecule has 0 bridgehead atoms. The molecular formula is C28H25N5O6. The summed E-state index contributed by atoms with van der Waals surface area (Å²) in [4.78, 5) is 35.9. The number of azo groups is 1. The number of anilines is 1. The van der Waals surface area contributed by atoms with Crippen molar-refractivity contribution in [2.24, 2.45) is 10.2 Å². The quantitative estimate of drug-likeness (QED) is 0.139. The molecule has 2 amide bonds. The van der Waals surface area contributed by atoms with Crippen molar-refractivity contribution in [1.29, 1.82) is 0 Å². The fraction of sp³-hybridized carbons (Fsp3) is 0.143. The highest BCUT2D eigenvalue weighted by molar-refractivity contribution is 6.11. The van der Waals surface area contributed by atoms with Gasteiger partial charge in [-0.05, 0) is 55.6 Å². The molecule has 0 aromatic heterocycles. The first-order chi connectivity index (χ1) is 18.7. The van der Waals surface area contributed by atoms with E-state index in [1.165, 1.54) is 43.5 Å². The predicted octanol–water partition coefficient (Wildman–Crippen LogP) is 6.27. The molecule has 0 aliphatic carbocycles. The van der Waals surface area contributed by atoms with Gasteiger partial charge in [-0.15, -0.1) is 10.2 Å². The fourth-order valence-electron chi connectivity index (χ4n) is 3.82. The molecule has 11 heteroatoms. The number of non-ortho nitro benzene ring substituents is 1.